The fourth-order valence-electron chi connectivity index (χ4n) is 3.62. The Bertz CT molecular complexity index is 422. The average molecular weight is 288 g/mol. The molecule has 0 aliphatic carbocycles. The van der Waals surface area contributed by atoms with Crippen molar-refractivity contribution in [3.8, 4) is 0 Å². The van der Waals surface area contributed by atoms with Gasteiger partial charge in [-0.2, -0.15) is 0 Å². The lowest BCUT2D eigenvalue weighted by Crippen LogP contribution is -2.55. The first-order chi connectivity index (χ1) is 10.4. The molecule has 2 heterocycles. The molecule has 3 nitrogen and oxygen atoms in total. The standard InChI is InChI=1S/C18H28N2O/c1-2-10-19-17(12-15-7-4-3-5-8-15)18-13-20-11-6-9-16(20)14-21-18/h3-5,7-8,16-19H,2,6,9-14H2,1H3. The minimum atomic E-state index is 0.325. The summed E-state index contributed by atoms with van der Waals surface area (Å²) >= 11 is 0. The fourth-order valence-corrected chi connectivity index (χ4v) is 3.62. The van der Waals surface area contributed by atoms with E-state index in [1.807, 2.05) is 0 Å². The van der Waals surface area contributed by atoms with E-state index in [1.54, 1.807) is 0 Å². The van der Waals surface area contributed by atoms with Gasteiger partial charge < -0.3 is 10.1 Å². The van der Waals surface area contributed by atoms with Gasteiger partial charge in [0.25, 0.3) is 0 Å². The molecular formula is C18H28N2O. The van der Waals surface area contributed by atoms with Crippen molar-refractivity contribution in [3.63, 3.8) is 0 Å². The predicted octanol–water partition coefficient (Wildman–Crippen LogP) is 2.46. The van der Waals surface area contributed by atoms with Gasteiger partial charge in [-0.05, 0) is 44.3 Å². The molecule has 3 rings (SSSR count). The van der Waals surface area contributed by atoms with Gasteiger partial charge in [-0.15, -0.1) is 0 Å². The molecule has 1 aromatic carbocycles. The van der Waals surface area contributed by atoms with Crippen LogP contribution in [0.1, 0.15) is 31.7 Å². The van der Waals surface area contributed by atoms with Gasteiger partial charge in [0, 0.05) is 18.6 Å². The number of rotatable bonds is 6. The van der Waals surface area contributed by atoms with Crippen molar-refractivity contribution in [3.05, 3.63) is 35.9 Å². The number of morpholine rings is 1. The molecule has 0 saturated carbocycles. The Hall–Kier alpha value is -0.900. The molecule has 1 N–H and O–H groups in total. The van der Waals surface area contributed by atoms with Crippen molar-refractivity contribution in [2.75, 3.05) is 26.2 Å². The van der Waals surface area contributed by atoms with Gasteiger partial charge >= 0.3 is 0 Å². The number of benzene rings is 1. The van der Waals surface area contributed by atoms with E-state index in [0.29, 0.717) is 18.2 Å². The van der Waals surface area contributed by atoms with Gasteiger partial charge in [0.15, 0.2) is 0 Å². The van der Waals surface area contributed by atoms with Crippen LogP contribution in [0.25, 0.3) is 0 Å². The summed E-state index contributed by atoms with van der Waals surface area (Å²) in [5.41, 5.74) is 1.40. The van der Waals surface area contributed by atoms with Gasteiger partial charge in [-0.25, -0.2) is 0 Å². The summed E-state index contributed by atoms with van der Waals surface area (Å²) < 4.78 is 6.22. The molecule has 3 atom stereocenters. The molecule has 1 aromatic rings. The van der Waals surface area contributed by atoms with Crippen LogP contribution in [0.4, 0.5) is 0 Å². The first-order valence-corrected chi connectivity index (χ1v) is 8.49. The molecule has 2 aliphatic rings. The number of fused-ring (bicyclic) bond motifs is 1. The number of nitrogens with one attached hydrogen (secondary N) is 1. The Morgan fingerprint density at radius 3 is 3.00 bits per heavy atom. The third-order valence-corrected chi connectivity index (χ3v) is 4.82. The van der Waals surface area contributed by atoms with Crippen LogP contribution in [0.15, 0.2) is 30.3 Å². The normalized spacial score (nSPS) is 27.5. The molecule has 116 valence electrons. The van der Waals surface area contributed by atoms with Crippen LogP contribution < -0.4 is 5.32 Å². The van der Waals surface area contributed by atoms with Crippen LogP contribution in [-0.4, -0.2) is 49.3 Å². The molecule has 0 bridgehead atoms. The topological polar surface area (TPSA) is 24.5 Å². The molecule has 0 amide bonds. The maximum Gasteiger partial charge on any atom is 0.0858 e. The molecule has 2 fully saturated rings. The van der Waals surface area contributed by atoms with Crippen LogP contribution in [0.2, 0.25) is 0 Å². The number of hydrogen-bond donors (Lipinski definition) is 1. The monoisotopic (exact) mass is 288 g/mol. The first-order valence-electron chi connectivity index (χ1n) is 8.49. The molecule has 3 heteroatoms. The highest BCUT2D eigenvalue weighted by molar-refractivity contribution is 5.16. The summed E-state index contributed by atoms with van der Waals surface area (Å²) in [6.07, 6.45) is 5.21. The SMILES string of the molecule is CCCNC(Cc1ccccc1)C1CN2CCCC2CO1. The van der Waals surface area contributed by atoms with Crippen molar-refractivity contribution in [2.45, 2.75) is 50.8 Å². The van der Waals surface area contributed by atoms with E-state index < -0.39 is 0 Å². The summed E-state index contributed by atoms with van der Waals surface area (Å²) in [4.78, 5) is 2.64. The van der Waals surface area contributed by atoms with E-state index in [2.05, 4.69) is 47.5 Å². The molecule has 0 spiro atoms. The maximum absolute atomic E-state index is 6.22. The molecular weight excluding hydrogens is 260 g/mol. The predicted molar refractivity (Wildman–Crippen MR) is 86.6 cm³/mol. The van der Waals surface area contributed by atoms with Gasteiger partial charge in [-0.1, -0.05) is 37.3 Å². The fraction of sp³-hybridized carbons (Fsp3) is 0.667. The minimum Gasteiger partial charge on any atom is -0.374 e. The summed E-state index contributed by atoms with van der Waals surface area (Å²) in [5, 5.41) is 3.72. The Labute approximate surface area is 128 Å². The number of ether oxygens (including phenoxy) is 1. The lowest BCUT2D eigenvalue weighted by molar-refractivity contribution is -0.0643. The largest absolute Gasteiger partial charge is 0.374 e. The lowest BCUT2D eigenvalue weighted by atomic mass is 9.99. The van der Waals surface area contributed by atoms with Crippen molar-refractivity contribution in [1.82, 2.24) is 10.2 Å². The van der Waals surface area contributed by atoms with Crippen LogP contribution in [0.3, 0.4) is 0 Å². The molecule has 2 saturated heterocycles. The maximum atomic E-state index is 6.22. The molecule has 21 heavy (non-hydrogen) atoms. The van der Waals surface area contributed by atoms with E-state index >= 15 is 0 Å². The number of nitrogens with zero attached hydrogens (tertiary/aromatic N) is 1. The van der Waals surface area contributed by atoms with Crippen LogP contribution in [0.5, 0.6) is 0 Å². The second kappa shape index (κ2) is 7.39. The number of hydrogen-bond acceptors (Lipinski definition) is 3. The second-order valence-electron chi connectivity index (χ2n) is 6.41. The zero-order chi connectivity index (χ0) is 14.5. The quantitative estimate of drug-likeness (QED) is 0.870. The van der Waals surface area contributed by atoms with Crippen molar-refractivity contribution in [1.29, 1.82) is 0 Å². The van der Waals surface area contributed by atoms with Crippen molar-refractivity contribution in [2.24, 2.45) is 0 Å². The van der Waals surface area contributed by atoms with E-state index in [0.717, 1.165) is 26.1 Å². The highest BCUT2D eigenvalue weighted by Crippen LogP contribution is 2.24. The van der Waals surface area contributed by atoms with Gasteiger partial charge in [0.2, 0.25) is 0 Å². The smallest absolute Gasteiger partial charge is 0.0858 e. The van der Waals surface area contributed by atoms with E-state index in [4.69, 9.17) is 4.74 Å². The molecule has 0 aromatic heterocycles. The van der Waals surface area contributed by atoms with E-state index in [1.165, 1.54) is 31.4 Å². The third kappa shape index (κ3) is 3.85. The van der Waals surface area contributed by atoms with Crippen molar-refractivity contribution < 1.29 is 4.74 Å². The van der Waals surface area contributed by atoms with Gasteiger partial charge in [-0.3, -0.25) is 4.90 Å². The highest BCUT2D eigenvalue weighted by atomic mass is 16.5. The summed E-state index contributed by atoms with van der Waals surface area (Å²) in [6, 6.07) is 11.9. The van der Waals surface area contributed by atoms with Gasteiger partial charge in [0.1, 0.15) is 0 Å². The molecule has 3 unspecified atom stereocenters. The zero-order valence-corrected chi connectivity index (χ0v) is 13.1. The van der Waals surface area contributed by atoms with Crippen molar-refractivity contribution >= 4 is 0 Å². The molecule has 0 radical (unpaired) electrons. The van der Waals surface area contributed by atoms with Crippen LogP contribution in [0, 0.1) is 0 Å². The lowest BCUT2D eigenvalue weighted by Gasteiger charge is -2.39. The minimum absolute atomic E-state index is 0.325. The summed E-state index contributed by atoms with van der Waals surface area (Å²) in [7, 11) is 0. The van der Waals surface area contributed by atoms with Gasteiger partial charge in [0.05, 0.1) is 12.7 Å². The first kappa shape index (κ1) is 15.0. The third-order valence-electron chi connectivity index (χ3n) is 4.82. The second-order valence-corrected chi connectivity index (χ2v) is 6.41. The van der Waals surface area contributed by atoms with Crippen LogP contribution >= 0.6 is 0 Å². The Kier molecular flexibility index (Phi) is 5.28. The Morgan fingerprint density at radius 2 is 2.19 bits per heavy atom. The highest BCUT2D eigenvalue weighted by Gasteiger charge is 2.35. The molecule has 2 aliphatic heterocycles. The van der Waals surface area contributed by atoms with Crippen LogP contribution in [-0.2, 0) is 11.2 Å². The zero-order valence-electron chi connectivity index (χ0n) is 13.1. The van der Waals surface area contributed by atoms with E-state index in [9.17, 15) is 0 Å². The summed E-state index contributed by atoms with van der Waals surface area (Å²) in [5.74, 6) is 0. The Morgan fingerprint density at radius 1 is 1.33 bits per heavy atom. The average Bonchev–Trinajstić information content (AvgIpc) is 3.00. The summed E-state index contributed by atoms with van der Waals surface area (Å²) in [6.45, 7) is 6.57. The Balaban J connectivity index is 1.63. The van der Waals surface area contributed by atoms with E-state index in [-0.39, 0.29) is 0 Å².